The third-order valence-electron chi connectivity index (χ3n) is 4.92. The average molecular weight is 421 g/mol. The Labute approximate surface area is 164 Å². The van der Waals surface area contributed by atoms with E-state index in [4.69, 9.17) is 4.42 Å². The quantitative estimate of drug-likeness (QED) is 0.644. The van der Waals surface area contributed by atoms with E-state index >= 15 is 0 Å². The van der Waals surface area contributed by atoms with E-state index in [0.29, 0.717) is 24.4 Å². The van der Waals surface area contributed by atoms with Crippen LogP contribution in [0, 0.1) is 0 Å². The first-order valence-electron chi connectivity index (χ1n) is 8.91. The lowest BCUT2D eigenvalue weighted by Gasteiger charge is -2.30. The second kappa shape index (κ2) is 6.98. The van der Waals surface area contributed by atoms with Crippen LogP contribution in [-0.4, -0.2) is 45.5 Å². The highest BCUT2D eigenvalue weighted by Gasteiger charge is 2.33. The van der Waals surface area contributed by atoms with Crippen molar-refractivity contribution in [1.82, 2.24) is 9.29 Å². The van der Waals surface area contributed by atoms with Crippen molar-refractivity contribution in [3.05, 3.63) is 54.4 Å². The molecule has 9 heteroatoms. The van der Waals surface area contributed by atoms with Gasteiger partial charge in [-0.15, -0.1) is 0 Å². The molecule has 2 aromatic carbocycles. The van der Waals surface area contributed by atoms with Crippen LogP contribution < -0.4 is 0 Å². The van der Waals surface area contributed by atoms with Crippen molar-refractivity contribution in [1.29, 1.82) is 0 Å². The summed E-state index contributed by atoms with van der Waals surface area (Å²) in [6, 6.07) is 12.9. The summed E-state index contributed by atoms with van der Waals surface area (Å²) in [6.07, 6.45) is 2.51. The summed E-state index contributed by atoms with van der Waals surface area (Å²) in [5.74, 6) is 0.389. The van der Waals surface area contributed by atoms with Crippen molar-refractivity contribution in [2.75, 3.05) is 19.3 Å². The predicted octanol–water partition coefficient (Wildman–Crippen LogP) is 2.80. The van der Waals surface area contributed by atoms with E-state index in [9.17, 15) is 16.8 Å². The van der Waals surface area contributed by atoms with E-state index < -0.39 is 19.9 Å². The van der Waals surface area contributed by atoms with Gasteiger partial charge in [-0.2, -0.15) is 4.31 Å². The van der Waals surface area contributed by atoms with E-state index in [-0.39, 0.29) is 22.3 Å². The first-order chi connectivity index (χ1) is 13.2. The summed E-state index contributed by atoms with van der Waals surface area (Å²) < 4.78 is 57.0. The molecule has 1 atom stereocenters. The van der Waals surface area contributed by atoms with Crippen molar-refractivity contribution in [2.45, 2.75) is 28.6 Å². The van der Waals surface area contributed by atoms with Crippen LogP contribution in [-0.2, 0) is 19.9 Å². The van der Waals surface area contributed by atoms with Gasteiger partial charge in [0.15, 0.2) is 21.3 Å². The molecule has 0 radical (unpaired) electrons. The Bertz CT molecular complexity index is 1200. The molecule has 1 fully saturated rings. The Morgan fingerprint density at radius 2 is 1.79 bits per heavy atom. The summed E-state index contributed by atoms with van der Waals surface area (Å²) in [5, 5.41) is 0. The third-order valence-corrected chi connectivity index (χ3v) is 7.89. The summed E-state index contributed by atoms with van der Waals surface area (Å²) >= 11 is 0. The second-order valence-electron chi connectivity index (χ2n) is 6.97. The maximum atomic E-state index is 13.1. The van der Waals surface area contributed by atoms with E-state index in [2.05, 4.69) is 4.98 Å². The number of sulfonamides is 1. The number of para-hydroxylation sites is 2. The number of sulfone groups is 1. The van der Waals surface area contributed by atoms with Crippen molar-refractivity contribution in [3.8, 4) is 0 Å². The minimum Gasteiger partial charge on any atom is -0.440 e. The van der Waals surface area contributed by atoms with Gasteiger partial charge in [-0.1, -0.05) is 18.2 Å². The molecule has 3 aromatic rings. The maximum Gasteiger partial charge on any atom is 0.243 e. The van der Waals surface area contributed by atoms with E-state index in [1.54, 1.807) is 0 Å². The van der Waals surface area contributed by atoms with E-state index in [0.717, 1.165) is 18.2 Å². The number of hydrogen-bond donors (Lipinski definition) is 0. The van der Waals surface area contributed by atoms with Gasteiger partial charge in [-0.05, 0) is 43.2 Å². The van der Waals surface area contributed by atoms with Crippen LogP contribution in [0.2, 0.25) is 0 Å². The molecule has 0 spiro atoms. The van der Waals surface area contributed by atoms with Crippen LogP contribution >= 0.6 is 0 Å². The maximum absolute atomic E-state index is 13.1. The molecule has 1 saturated heterocycles. The predicted molar refractivity (Wildman–Crippen MR) is 104 cm³/mol. The van der Waals surface area contributed by atoms with Crippen LogP contribution in [0.1, 0.15) is 24.7 Å². The number of hydrogen-bond acceptors (Lipinski definition) is 6. The molecule has 1 unspecified atom stereocenters. The minimum atomic E-state index is -3.82. The molecular weight excluding hydrogens is 400 g/mol. The van der Waals surface area contributed by atoms with Gasteiger partial charge in [0.1, 0.15) is 5.52 Å². The van der Waals surface area contributed by atoms with E-state index in [1.807, 2.05) is 24.3 Å². The molecule has 28 heavy (non-hydrogen) atoms. The van der Waals surface area contributed by atoms with Crippen LogP contribution in [0.4, 0.5) is 0 Å². The van der Waals surface area contributed by atoms with Gasteiger partial charge in [0, 0.05) is 25.3 Å². The molecule has 2 heterocycles. The molecule has 7 nitrogen and oxygen atoms in total. The summed E-state index contributed by atoms with van der Waals surface area (Å²) in [4.78, 5) is 4.47. The lowest BCUT2D eigenvalue weighted by Crippen LogP contribution is -2.39. The fourth-order valence-electron chi connectivity index (χ4n) is 3.44. The van der Waals surface area contributed by atoms with Gasteiger partial charge in [0.25, 0.3) is 0 Å². The summed E-state index contributed by atoms with van der Waals surface area (Å²) in [5.41, 5.74) is 1.43. The molecule has 4 rings (SSSR count). The summed E-state index contributed by atoms with van der Waals surface area (Å²) in [6.45, 7) is 0.625. The van der Waals surface area contributed by atoms with Crippen molar-refractivity contribution >= 4 is 31.0 Å². The highest BCUT2D eigenvalue weighted by molar-refractivity contribution is 7.91. The molecule has 148 valence electrons. The summed E-state index contributed by atoms with van der Waals surface area (Å²) in [7, 11) is -7.31. The first kappa shape index (κ1) is 19.1. The van der Waals surface area contributed by atoms with E-state index in [1.165, 1.54) is 28.6 Å². The molecule has 1 aliphatic rings. The molecule has 0 amide bonds. The Morgan fingerprint density at radius 3 is 2.54 bits per heavy atom. The third kappa shape index (κ3) is 3.57. The zero-order valence-corrected chi connectivity index (χ0v) is 16.9. The molecule has 0 saturated carbocycles. The van der Waals surface area contributed by atoms with Crippen LogP contribution in [0.5, 0.6) is 0 Å². The van der Waals surface area contributed by atoms with Crippen molar-refractivity contribution < 1.29 is 21.3 Å². The number of nitrogens with zero attached hydrogens (tertiary/aromatic N) is 2. The number of benzene rings is 2. The molecule has 1 aliphatic heterocycles. The Morgan fingerprint density at radius 1 is 1.04 bits per heavy atom. The van der Waals surface area contributed by atoms with Gasteiger partial charge in [0.05, 0.1) is 9.79 Å². The SMILES string of the molecule is CS(=O)(=O)c1cccc(S(=O)(=O)N2CCCC(c3nc4ccccc4o3)C2)c1. The Balaban J connectivity index is 1.63. The normalized spacial score (nSPS) is 19.1. The molecule has 1 aromatic heterocycles. The second-order valence-corrected chi connectivity index (χ2v) is 10.9. The molecule has 0 bridgehead atoms. The largest absolute Gasteiger partial charge is 0.440 e. The Kier molecular flexibility index (Phi) is 4.76. The molecule has 0 N–H and O–H groups in total. The van der Waals surface area contributed by atoms with Crippen LogP contribution in [0.15, 0.2) is 62.7 Å². The highest BCUT2D eigenvalue weighted by Crippen LogP contribution is 2.32. The average Bonchev–Trinajstić information content (AvgIpc) is 3.12. The smallest absolute Gasteiger partial charge is 0.243 e. The minimum absolute atomic E-state index is 0.0129. The number of aromatic nitrogens is 1. The molecular formula is C19H20N2O5S2. The Hall–Kier alpha value is -2.23. The van der Waals surface area contributed by atoms with Gasteiger partial charge in [-0.25, -0.2) is 21.8 Å². The first-order valence-corrected chi connectivity index (χ1v) is 12.2. The van der Waals surface area contributed by atoms with Gasteiger partial charge < -0.3 is 4.42 Å². The number of fused-ring (bicyclic) bond motifs is 1. The topological polar surface area (TPSA) is 97.5 Å². The van der Waals surface area contributed by atoms with Crippen molar-refractivity contribution in [2.24, 2.45) is 0 Å². The lowest BCUT2D eigenvalue weighted by atomic mass is 10.00. The van der Waals surface area contributed by atoms with Gasteiger partial charge in [-0.3, -0.25) is 0 Å². The highest BCUT2D eigenvalue weighted by atomic mass is 32.2. The zero-order valence-electron chi connectivity index (χ0n) is 15.3. The number of oxazole rings is 1. The number of rotatable bonds is 4. The lowest BCUT2D eigenvalue weighted by molar-refractivity contribution is 0.288. The zero-order chi connectivity index (χ0) is 19.9. The monoisotopic (exact) mass is 420 g/mol. The van der Waals surface area contributed by atoms with Crippen LogP contribution in [0.25, 0.3) is 11.1 Å². The van der Waals surface area contributed by atoms with Crippen molar-refractivity contribution in [3.63, 3.8) is 0 Å². The van der Waals surface area contributed by atoms with Crippen LogP contribution in [0.3, 0.4) is 0 Å². The van der Waals surface area contributed by atoms with Gasteiger partial charge in [0.2, 0.25) is 10.0 Å². The fourth-order valence-corrected chi connectivity index (χ4v) is 5.75. The van der Waals surface area contributed by atoms with Gasteiger partial charge >= 0.3 is 0 Å². The fraction of sp³-hybridized carbons (Fsp3) is 0.316. The number of piperidine rings is 1. The molecule has 0 aliphatic carbocycles. The standard InChI is InChI=1S/C19H20N2O5S2/c1-27(22,23)15-7-4-8-16(12-15)28(24,25)21-11-5-6-14(13-21)19-20-17-9-2-3-10-18(17)26-19/h2-4,7-10,12,14H,5-6,11,13H2,1H3.